The topological polar surface area (TPSA) is 45.9 Å². The summed E-state index contributed by atoms with van der Waals surface area (Å²) in [5, 5.41) is 9.02. The minimum atomic E-state index is 0.404. The Balaban J connectivity index is 2.55. The molecule has 0 saturated carbocycles. The average Bonchev–Trinajstić information content (AvgIpc) is 2.72. The molecule has 0 saturated heterocycles. The highest BCUT2D eigenvalue weighted by molar-refractivity contribution is 7.10. The number of rotatable bonds is 2. The predicted molar refractivity (Wildman–Crippen MR) is 58.8 cm³/mol. The van der Waals surface area contributed by atoms with Gasteiger partial charge in [-0.2, -0.15) is 9.64 Å². The molecule has 0 amide bonds. The lowest BCUT2D eigenvalue weighted by molar-refractivity contribution is 0.401. The summed E-state index contributed by atoms with van der Waals surface area (Å²) in [5.74, 6) is 0.404. The largest absolute Gasteiger partial charge is 0.479 e. The Hall–Kier alpha value is -1.86. The summed E-state index contributed by atoms with van der Waals surface area (Å²) in [6, 6.07) is 11.8. The molecule has 1 aromatic carbocycles. The van der Waals surface area contributed by atoms with Gasteiger partial charge in [0.05, 0.1) is 12.0 Å². The first-order chi connectivity index (χ1) is 7.36. The summed E-state index contributed by atoms with van der Waals surface area (Å²) < 4.78 is 9.09. The van der Waals surface area contributed by atoms with Gasteiger partial charge in [0.1, 0.15) is 11.6 Å². The number of benzene rings is 1. The molecule has 3 nitrogen and oxygen atoms in total. The molecule has 1 heterocycles. The molecule has 2 aromatic rings. The van der Waals surface area contributed by atoms with Crippen molar-refractivity contribution in [3.63, 3.8) is 0 Å². The summed E-state index contributed by atoms with van der Waals surface area (Å²) in [6.07, 6.45) is 0. The van der Waals surface area contributed by atoms with Crippen LogP contribution in [0.2, 0.25) is 0 Å². The van der Waals surface area contributed by atoms with Gasteiger partial charge in [0.15, 0.2) is 0 Å². The molecule has 0 unspecified atom stereocenters. The van der Waals surface area contributed by atoms with Crippen LogP contribution in [-0.2, 0) is 0 Å². The van der Waals surface area contributed by atoms with Gasteiger partial charge in [0, 0.05) is 0 Å². The third-order valence-corrected chi connectivity index (χ3v) is 2.88. The van der Waals surface area contributed by atoms with Crippen molar-refractivity contribution in [1.29, 1.82) is 5.26 Å². The fourth-order valence-corrected chi connectivity index (χ4v) is 2.11. The number of methoxy groups -OCH3 is 1. The Kier molecular flexibility index (Phi) is 2.66. The third kappa shape index (κ3) is 1.69. The number of aromatic nitrogens is 1. The van der Waals surface area contributed by atoms with Crippen LogP contribution in [0.4, 0.5) is 0 Å². The zero-order chi connectivity index (χ0) is 10.7. The molecule has 0 bridgehead atoms. The van der Waals surface area contributed by atoms with E-state index in [0.717, 1.165) is 10.4 Å². The highest BCUT2D eigenvalue weighted by Gasteiger charge is 2.14. The molecule has 0 aliphatic rings. The fraction of sp³-hybridized carbons (Fsp3) is 0.0909. The second-order valence-corrected chi connectivity index (χ2v) is 3.65. The Morgan fingerprint density at radius 3 is 2.67 bits per heavy atom. The number of hydrogen-bond acceptors (Lipinski definition) is 4. The first kappa shape index (κ1) is 9.69. The van der Waals surface area contributed by atoms with Crippen molar-refractivity contribution in [2.75, 3.05) is 7.11 Å². The van der Waals surface area contributed by atoms with Crippen molar-refractivity contribution in [2.24, 2.45) is 0 Å². The SMILES string of the molecule is COc1nsc(-c2ccccc2)c1C#N. The zero-order valence-electron chi connectivity index (χ0n) is 8.10. The Morgan fingerprint density at radius 2 is 2.07 bits per heavy atom. The molecule has 74 valence electrons. The van der Waals surface area contributed by atoms with Crippen LogP contribution in [0.3, 0.4) is 0 Å². The summed E-state index contributed by atoms with van der Waals surface area (Å²) in [6.45, 7) is 0. The molecular formula is C11H8N2OS. The van der Waals surface area contributed by atoms with Crippen molar-refractivity contribution in [1.82, 2.24) is 4.37 Å². The first-order valence-electron chi connectivity index (χ1n) is 4.36. The van der Waals surface area contributed by atoms with Gasteiger partial charge in [-0.1, -0.05) is 30.3 Å². The van der Waals surface area contributed by atoms with Crippen LogP contribution in [0, 0.1) is 11.3 Å². The molecule has 0 radical (unpaired) electrons. The Labute approximate surface area is 91.7 Å². The van der Waals surface area contributed by atoms with Crippen LogP contribution in [0.5, 0.6) is 5.88 Å². The van der Waals surface area contributed by atoms with Crippen molar-refractivity contribution >= 4 is 11.5 Å². The average molecular weight is 216 g/mol. The first-order valence-corrected chi connectivity index (χ1v) is 5.13. The van der Waals surface area contributed by atoms with Gasteiger partial charge in [0.2, 0.25) is 5.88 Å². The lowest BCUT2D eigenvalue weighted by atomic mass is 10.1. The zero-order valence-corrected chi connectivity index (χ0v) is 8.91. The van der Waals surface area contributed by atoms with Gasteiger partial charge < -0.3 is 4.74 Å². The van der Waals surface area contributed by atoms with Crippen LogP contribution in [-0.4, -0.2) is 11.5 Å². The maximum Gasteiger partial charge on any atom is 0.243 e. The molecule has 15 heavy (non-hydrogen) atoms. The highest BCUT2D eigenvalue weighted by Crippen LogP contribution is 2.33. The van der Waals surface area contributed by atoms with E-state index in [1.807, 2.05) is 30.3 Å². The van der Waals surface area contributed by atoms with Crippen molar-refractivity contribution < 1.29 is 4.74 Å². The van der Waals surface area contributed by atoms with Crippen molar-refractivity contribution in [3.8, 4) is 22.4 Å². The van der Waals surface area contributed by atoms with E-state index in [4.69, 9.17) is 10.00 Å². The van der Waals surface area contributed by atoms with Gasteiger partial charge in [-0.15, -0.1) is 0 Å². The van der Waals surface area contributed by atoms with Crippen molar-refractivity contribution in [3.05, 3.63) is 35.9 Å². The van der Waals surface area contributed by atoms with Crippen LogP contribution in [0.1, 0.15) is 5.56 Å². The summed E-state index contributed by atoms with van der Waals surface area (Å²) in [7, 11) is 1.52. The second kappa shape index (κ2) is 4.11. The maximum absolute atomic E-state index is 9.02. The lowest BCUT2D eigenvalue weighted by Crippen LogP contribution is -1.85. The molecule has 0 aliphatic heterocycles. The van der Waals surface area contributed by atoms with E-state index in [2.05, 4.69) is 10.4 Å². The highest BCUT2D eigenvalue weighted by atomic mass is 32.1. The minimum Gasteiger partial charge on any atom is -0.479 e. The fourth-order valence-electron chi connectivity index (χ4n) is 1.30. The van der Waals surface area contributed by atoms with Gasteiger partial charge in [0.25, 0.3) is 0 Å². The summed E-state index contributed by atoms with van der Waals surface area (Å²) >= 11 is 1.28. The molecular weight excluding hydrogens is 208 g/mol. The maximum atomic E-state index is 9.02. The van der Waals surface area contributed by atoms with E-state index < -0.39 is 0 Å². The Bertz CT molecular complexity index is 499. The molecule has 0 spiro atoms. The van der Waals surface area contributed by atoms with Gasteiger partial charge in [-0.25, -0.2) is 0 Å². The van der Waals surface area contributed by atoms with E-state index in [1.54, 1.807) is 0 Å². The van der Waals surface area contributed by atoms with Crippen LogP contribution in [0.15, 0.2) is 30.3 Å². The number of hydrogen-bond donors (Lipinski definition) is 0. The van der Waals surface area contributed by atoms with Crippen LogP contribution in [0.25, 0.3) is 10.4 Å². The van der Waals surface area contributed by atoms with Crippen LogP contribution < -0.4 is 4.74 Å². The smallest absolute Gasteiger partial charge is 0.243 e. The monoisotopic (exact) mass is 216 g/mol. The Morgan fingerprint density at radius 1 is 1.33 bits per heavy atom. The van der Waals surface area contributed by atoms with E-state index in [-0.39, 0.29) is 0 Å². The third-order valence-electron chi connectivity index (χ3n) is 2.00. The van der Waals surface area contributed by atoms with E-state index in [1.165, 1.54) is 18.6 Å². The van der Waals surface area contributed by atoms with Gasteiger partial charge >= 0.3 is 0 Å². The standard InChI is InChI=1S/C11H8N2OS/c1-14-11-9(7-12)10(15-13-11)8-5-3-2-4-6-8/h2-6H,1H3. The second-order valence-electron chi connectivity index (χ2n) is 2.87. The summed E-state index contributed by atoms with van der Waals surface area (Å²) in [4.78, 5) is 0.856. The minimum absolute atomic E-state index is 0.404. The summed E-state index contributed by atoms with van der Waals surface area (Å²) in [5.41, 5.74) is 1.50. The molecule has 0 aliphatic carbocycles. The van der Waals surface area contributed by atoms with Crippen molar-refractivity contribution in [2.45, 2.75) is 0 Å². The quantitative estimate of drug-likeness (QED) is 0.775. The normalized spacial score (nSPS) is 9.60. The molecule has 4 heteroatoms. The van der Waals surface area contributed by atoms with Crippen LogP contribution >= 0.6 is 11.5 Å². The molecule has 1 aromatic heterocycles. The van der Waals surface area contributed by atoms with E-state index >= 15 is 0 Å². The number of ether oxygens (including phenoxy) is 1. The van der Waals surface area contributed by atoms with Gasteiger partial charge in [-0.05, 0) is 17.1 Å². The molecule has 0 atom stereocenters. The predicted octanol–water partition coefficient (Wildman–Crippen LogP) is 2.69. The van der Waals surface area contributed by atoms with E-state index in [9.17, 15) is 0 Å². The van der Waals surface area contributed by atoms with Gasteiger partial charge in [-0.3, -0.25) is 0 Å². The molecule has 2 rings (SSSR count). The number of nitrogens with zero attached hydrogens (tertiary/aromatic N) is 2. The molecule has 0 fully saturated rings. The molecule has 0 N–H and O–H groups in total. The van der Waals surface area contributed by atoms with E-state index in [0.29, 0.717) is 11.4 Å². The lowest BCUT2D eigenvalue weighted by Gasteiger charge is -1.96. The number of nitriles is 1.